The zero-order valence-corrected chi connectivity index (χ0v) is 12.1. The highest BCUT2D eigenvalue weighted by Gasteiger charge is 2.15. The van der Waals surface area contributed by atoms with Gasteiger partial charge in [-0.3, -0.25) is 0 Å². The summed E-state index contributed by atoms with van der Waals surface area (Å²) in [6, 6.07) is 0.402. The van der Waals surface area contributed by atoms with Crippen LogP contribution < -0.4 is 10.2 Å². The lowest BCUT2D eigenvalue weighted by Crippen LogP contribution is -2.25. The molecule has 5 heteroatoms. The lowest BCUT2D eigenvalue weighted by Gasteiger charge is -2.18. The molecule has 4 nitrogen and oxygen atoms in total. The molecule has 0 saturated carbocycles. The molecule has 0 amide bonds. The van der Waals surface area contributed by atoms with Crippen LogP contribution in [0.5, 0.6) is 0 Å². The lowest BCUT2D eigenvalue weighted by atomic mass is 10.3. The van der Waals surface area contributed by atoms with Crippen LogP contribution in [-0.4, -0.2) is 37.8 Å². The molecule has 1 unspecified atom stereocenters. The van der Waals surface area contributed by atoms with Crippen LogP contribution in [0.1, 0.15) is 37.6 Å². The van der Waals surface area contributed by atoms with E-state index in [9.17, 15) is 0 Å². The van der Waals surface area contributed by atoms with Crippen LogP contribution >= 0.6 is 11.3 Å². The molecule has 1 aromatic heterocycles. The summed E-state index contributed by atoms with van der Waals surface area (Å²) in [5.74, 6) is 0. The van der Waals surface area contributed by atoms with Crippen LogP contribution in [0, 0.1) is 0 Å². The molecule has 1 saturated heterocycles. The number of aromatic nitrogens is 1. The second-order valence-electron chi connectivity index (χ2n) is 4.67. The lowest BCUT2D eigenvalue weighted by molar-refractivity contribution is 0.152. The van der Waals surface area contributed by atoms with Crippen LogP contribution in [0.2, 0.25) is 0 Å². The van der Waals surface area contributed by atoms with Crippen molar-refractivity contribution >= 4 is 16.5 Å². The van der Waals surface area contributed by atoms with E-state index in [2.05, 4.69) is 29.0 Å². The van der Waals surface area contributed by atoms with Crippen molar-refractivity contribution in [3.8, 4) is 0 Å². The third-order valence-electron chi connectivity index (χ3n) is 3.13. The number of hydrogen-bond acceptors (Lipinski definition) is 5. The summed E-state index contributed by atoms with van der Waals surface area (Å²) in [6.07, 6.45) is 4.27. The molecular formula is C13H23N3OS. The molecular weight excluding hydrogens is 246 g/mol. The molecule has 1 aliphatic heterocycles. The first-order chi connectivity index (χ1) is 8.81. The van der Waals surface area contributed by atoms with Gasteiger partial charge in [-0.1, -0.05) is 6.92 Å². The Morgan fingerprint density at radius 3 is 3.22 bits per heavy atom. The summed E-state index contributed by atoms with van der Waals surface area (Å²) in [6.45, 7) is 9.18. The normalized spacial score (nSPS) is 18.7. The topological polar surface area (TPSA) is 37.4 Å². The molecule has 1 fully saturated rings. The fourth-order valence-electron chi connectivity index (χ4n) is 2.02. The number of thiazole rings is 1. The summed E-state index contributed by atoms with van der Waals surface area (Å²) in [5.41, 5.74) is 0. The van der Waals surface area contributed by atoms with Gasteiger partial charge >= 0.3 is 0 Å². The zero-order valence-electron chi connectivity index (χ0n) is 11.3. The predicted octanol–water partition coefficient (Wildman–Crippen LogP) is 2.43. The first-order valence-electron chi connectivity index (χ1n) is 6.83. The van der Waals surface area contributed by atoms with E-state index < -0.39 is 0 Å². The van der Waals surface area contributed by atoms with Crippen LogP contribution in [0.15, 0.2) is 6.20 Å². The molecule has 18 heavy (non-hydrogen) atoms. The molecule has 0 aromatic carbocycles. The second kappa shape index (κ2) is 7.07. The highest BCUT2D eigenvalue weighted by Crippen LogP contribution is 2.27. The zero-order chi connectivity index (χ0) is 12.8. The van der Waals surface area contributed by atoms with Crippen LogP contribution in [0.3, 0.4) is 0 Å². The fraction of sp³-hybridized carbons (Fsp3) is 0.769. The maximum atomic E-state index is 5.48. The van der Waals surface area contributed by atoms with Crippen LogP contribution in [-0.2, 0) is 4.74 Å². The maximum absolute atomic E-state index is 5.48. The smallest absolute Gasteiger partial charge is 0.185 e. The average Bonchev–Trinajstić information content (AvgIpc) is 2.72. The molecule has 102 valence electrons. The third kappa shape index (κ3) is 3.67. The molecule has 2 heterocycles. The fourth-order valence-corrected chi connectivity index (χ4v) is 3.02. The number of ether oxygens (including phenoxy) is 1. The summed E-state index contributed by atoms with van der Waals surface area (Å²) >= 11 is 1.80. The molecule has 1 aromatic rings. The van der Waals surface area contributed by atoms with E-state index in [1.54, 1.807) is 11.3 Å². The molecule has 0 spiro atoms. The third-order valence-corrected chi connectivity index (χ3v) is 4.37. The minimum Gasteiger partial charge on any atom is -0.380 e. The van der Waals surface area contributed by atoms with E-state index in [-0.39, 0.29) is 0 Å². The first-order valence-corrected chi connectivity index (χ1v) is 7.64. The summed E-state index contributed by atoms with van der Waals surface area (Å²) in [4.78, 5) is 8.22. The SMILES string of the molecule is CCCNC(C)c1cnc(N2CCCOCC2)s1. The van der Waals surface area contributed by atoms with Crippen molar-refractivity contribution in [2.24, 2.45) is 0 Å². The van der Waals surface area contributed by atoms with Crippen molar-refractivity contribution in [2.75, 3.05) is 37.7 Å². The molecule has 0 radical (unpaired) electrons. The van der Waals surface area contributed by atoms with Gasteiger partial charge in [-0.25, -0.2) is 4.98 Å². The molecule has 1 atom stereocenters. The van der Waals surface area contributed by atoms with Crippen molar-refractivity contribution in [3.63, 3.8) is 0 Å². The van der Waals surface area contributed by atoms with E-state index in [0.29, 0.717) is 6.04 Å². The predicted molar refractivity (Wildman–Crippen MR) is 76.5 cm³/mol. The Hall–Kier alpha value is -0.650. The van der Waals surface area contributed by atoms with Crippen molar-refractivity contribution in [3.05, 3.63) is 11.1 Å². The van der Waals surface area contributed by atoms with Crippen LogP contribution in [0.4, 0.5) is 5.13 Å². The van der Waals surface area contributed by atoms with Crippen LogP contribution in [0.25, 0.3) is 0 Å². The molecule has 2 rings (SSSR count). The van der Waals surface area contributed by atoms with E-state index in [1.165, 1.54) is 11.3 Å². The Labute approximate surface area is 113 Å². The van der Waals surface area contributed by atoms with Crippen molar-refractivity contribution in [1.29, 1.82) is 0 Å². The van der Waals surface area contributed by atoms with Gasteiger partial charge in [-0.05, 0) is 26.3 Å². The number of rotatable bonds is 5. The minimum atomic E-state index is 0.402. The molecule has 0 aliphatic carbocycles. The number of hydrogen-bond donors (Lipinski definition) is 1. The van der Waals surface area contributed by atoms with Gasteiger partial charge in [0.2, 0.25) is 0 Å². The van der Waals surface area contributed by atoms with Crippen molar-refractivity contribution in [2.45, 2.75) is 32.7 Å². The highest BCUT2D eigenvalue weighted by molar-refractivity contribution is 7.15. The van der Waals surface area contributed by atoms with Gasteiger partial charge in [-0.2, -0.15) is 0 Å². The van der Waals surface area contributed by atoms with Gasteiger partial charge in [0.1, 0.15) is 0 Å². The Bertz CT molecular complexity index is 348. The summed E-state index contributed by atoms with van der Waals surface area (Å²) < 4.78 is 5.48. The number of nitrogens with zero attached hydrogens (tertiary/aromatic N) is 2. The summed E-state index contributed by atoms with van der Waals surface area (Å²) in [7, 11) is 0. The summed E-state index contributed by atoms with van der Waals surface area (Å²) in [5, 5.41) is 4.64. The Balaban J connectivity index is 1.95. The van der Waals surface area contributed by atoms with Gasteiger partial charge in [0, 0.05) is 36.8 Å². The molecule has 0 bridgehead atoms. The largest absolute Gasteiger partial charge is 0.380 e. The average molecular weight is 269 g/mol. The molecule has 1 aliphatic rings. The van der Waals surface area contributed by atoms with Gasteiger partial charge in [0.25, 0.3) is 0 Å². The van der Waals surface area contributed by atoms with Gasteiger partial charge in [-0.15, -0.1) is 11.3 Å². The number of anilines is 1. The monoisotopic (exact) mass is 269 g/mol. The van der Waals surface area contributed by atoms with E-state index >= 15 is 0 Å². The Kier molecular flexibility index (Phi) is 5.41. The minimum absolute atomic E-state index is 0.402. The van der Waals surface area contributed by atoms with E-state index in [4.69, 9.17) is 4.74 Å². The highest BCUT2D eigenvalue weighted by atomic mass is 32.1. The standard InChI is InChI=1S/C13H23N3OS/c1-3-5-14-11(2)12-10-15-13(18-12)16-6-4-8-17-9-7-16/h10-11,14H,3-9H2,1-2H3. The molecule has 1 N–H and O–H groups in total. The van der Waals surface area contributed by atoms with E-state index in [0.717, 1.165) is 44.4 Å². The van der Waals surface area contributed by atoms with Gasteiger partial charge in [0.15, 0.2) is 5.13 Å². The Morgan fingerprint density at radius 1 is 1.50 bits per heavy atom. The maximum Gasteiger partial charge on any atom is 0.185 e. The number of nitrogens with one attached hydrogen (secondary N) is 1. The first kappa shape index (κ1) is 13.8. The quantitative estimate of drug-likeness (QED) is 0.891. The van der Waals surface area contributed by atoms with Gasteiger partial charge in [0.05, 0.1) is 6.61 Å². The second-order valence-corrected chi connectivity index (χ2v) is 5.71. The van der Waals surface area contributed by atoms with E-state index in [1.807, 2.05) is 6.20 Å². The van der Waals surface area contributed by atoms with Gasteiger partial charge < -0.3 is 15.0 Å². The van der Waals surface area contributed by atoms with Crippen molar-refractivity contribution in [1.82, 2.24) is 10.3 Å². The Morgan fingerprint density at radius 2 is 2.39 bits per heavy atom. The van der Waals surface area contributed by atoms with Crippen molar-refractivity contribution < 1.29 is 4.74 Å².